The number of halogens is 3. The lowest BCUT2D eigenvalue weighted by Gasteiger charge is -2.35. The van der Waals surface area contributed by atoms with Gasteiger partial charge in [0.05, 0.1) is 28.3 Å². The minimum atomic E-state index is -0.693. The van der Waals surface area contributed by atoms with Crippen molar-refractivity contribution in [2.24, 2.45) is 5.92 Å². The third-order valence-electron chi connectivity index (χ3n) is 6.96. The molecule has 0 bridgehead atoms. The van der Waals surface area contributed by atoms with Crippen LogP contribution in [0.15, 0.2) is 53.3 Å². The second-order valence-electron chi connectivity index (χ2n) is 12.1. The second kappa shape index (κ2) is 14.2. The monoisotopic (exact) mass is 674 g/mol. The Labute approximate surface area is 277 Å². The Morgan fingerprint density at radius 3 is 2.36 bits per heavy atom. The van der Waals surface area contributed by atoms with Crippen molar-refractivity contribution in [1.82, 2.24) is 29.4 Å². The van der Waals surface area contributed by atoms with Crippen LogP contribution in [0.2, 0.25) is 15.1 Å². The predicted molar refractivity (Wildman–Crippen MR) is 176 cm³/mol. The first-order valence-corrected chi connectivity index (χ1v) is 15.7. The average molecular weight is 676 g/mol. The topological polar surface area (TPSA) is 111 Å². The molecule has 2 amide bonds. The maximum Gasteiger partial charge on any atom is 0.407 e. The molecule has 2 aromatic heterocycles. The van der Waals surface area contributed by atoms with E-state index in [0.29, 0.717) is 28.5 Å². The Bertz CT molecular complexity index is 1750. The summed E-state index contributed by atoms with van der Waals surface area (Å²) in [7, 11) is 0. The van der Waals surface area contributed by atoms with Crippen molar-refractivity contribution >= 4 is 52.5 Å². The molecular weight excluding hydrogens is 639 g/mol. The summed E-state index contributed by atoms with van der Waals surface area (Å²) in [5.41, 5.74) is 0.756. The molecule has 0 radical (unpaired) electrons. The van der Waals surface area contributed by atoms with Gasteiger partial charge in [-0.1, -0.05) is 79.0 Å². The molecule has 1 atom stereocenters. The summed E-state index contributed by atoms with van der Waals surface area (Å²) in [6.45, 7) is 11.6. The second-order valence-corrected chi connectivity index (χ2v) is 13.2. The van der Waals surface area contributed by atoms with Crippen LogP contribution in [0.4, 0.5) is 4.79 Å². The van der Waals surface area contributed by atoms with Crippen molar-refractivity contribution in [2.45, 2.75) is 66.2 Å². The molecule has 0 aliphatic rings. The molecule has 0 spiro atoms. The maximum absolute atomic E-state index is 14.3. The van der Waals surface area contributed by atoms with Crippen molar-refractivity contribution in [3.05, 3.63) is 96.7 Å². The van der Waals surface area contributed by atoms with Crippen LogP contribution in [0.3, 0.4) is 0 Å². The summed E-state index contributed by atoms with van der Waals surface area (Å²) in [5, 5.41) is 7.89. The number of alkyl carbamates (subject to hydrolysis) is 1. The van der Waals surface area contributed by atoms with E-state index < -0.39 is 23.4 Å². The molecule has 4 aromatic rings. The average Bonchev–Trinajstić information content (AvgIpc) is 3.25. The molecule has 45 heavy (non-hydrogen) atoms. The van der Waals surface area contributed by atoms with Gasteiger partial charge >= 0.3 is 11.8 Å². The Kier molecular flexibility index (Phi) is 10.8. The quantitative estimate of drug-likeness (QED) is 0.182. The number of aromatic nitrogens is 4. The fraction of sp³-hybridized carbons (Fsp3) is 0.406. The Morgan fingerprint density at radius 2 is 1.73 bits per heavy atom. The summed E-state index contributed by atoms with van der Waals surface area (Å²) in [6, 6.07) is 13.5. The standard InChI is InChI=1S/C32H37Cl3N6O4/c1-19(2)26(28-37-27-25(35)20(3)38-41(27)31(44)40(28)18-21-11-8-7-9-12-21)39(16-10-15-36-30(43)45-32(4,5)6)29(42)22-13-14-23(33)24(34)17-22/h7-9,11-14,17,19,26H,10,15-16,18H2,1-6H3,(H,36,43). The summed E-state index contributed by atoms with van der Waals surface area (Å²) >= 11 is 19.0. The summed E-state index contributed by atoms with van der Waals surface area (Å²) in [5.74, 6) is -0.211. The molecule has 240 valence electrons. The van der Waals surface area contributed by atoms with E-state index in [0.717, 1.165) is 5.56 Å². The van der Waals surface area contributed by atoms with Crippen LogP contribution >= 0.6 is 34.8 Å². The molecule has 2 heterocycles. The Balaban J connectivity index is 1.82. The van der Waals surface area contributed by atoms with Crippen molar-refractivity contribution in [2.75, 3.05) is 13.1 Å². The highest BCUT2D eigenvalue weighted by Crippen LogP contribution is 2.32. The highest BCUT2D eigenvalue weighted by molar-refractivity contribution is 6.42. The van der Waals surface area contributed by atoms with Crippen molar-refractivity contribution in [3.63, 3.8) is 0 Å². The van der Waals surface area contributed by atoms with E-state index >= 15 is 0 Å². The third-order valence-corrected chi connectivity index (χ3v) is 8.14. The first-order valence-electron chi connectivity index (χ1n) is 14.6. The van der Waals surface area contributed by atoms with E-state index in [1.165, 1.54) is 15.1 Å². The smallest absolute Gasteiger partial charge is 0.407 e. The SMILES string of the molecule is Cc1nn2c(=O)n(Cc3ccccc3)c(C(C(C)C)N(CCCNC(=O)OC(C)(C)C)C(=O)c3ccc(Cl)c(Cl)c3)nc2c1Cl. The van der Waals surface area contributed by atoms with Gasteiger partial charge in [-0.25, -0.2) is 14.6 Å². The van der Waals surface area contributed by atoms with Crippen molar-refractivity contribution in [3.8, 4) is 0 Å². The van der Waals surface area contributed by atoms with Gasteiger partial charge in [-0.2, -0.15) is 9.61 Å². The molecule has 0 saturated carbocycles. The van der Waals surface area contributed by atoms with Gasteiger partial charge in [0.25, 0.3) is 5.91 Å². The predicted octanol–water partition coefficient (Wildman–Crippen LogP) is 6.96. The number of fused-ring (bicyclic) bond motifs is 1. The van der Waals surface area contributed by atoms with E-state index in [2.05, 4.69) is 10.4 Å². The molecule has 2 aromatic carbocycles. The fourth-order valence-electron chi connectivity index (χ4n) is 4.96. The van der Waals surface area contributed by atoms with E-state index in [1.54, 1.807) is 44.7 Å². The Hall–Kier alpha value is -3.60. The van der Waals surface area contributed by atoms with Crippen LogP contribution in [0, 0.1) is 12.8 Å². The molecule has 0 aliphatic heterocycles. The molecule has 0 aliphatic carbocycles. The van der Waals surface area contributed by atoms with Gasteiger partial charge in [-0.15, -0.1) is 0 Å². The number of nitrogens with one attached hydrogen (secondary N) is 1. The molecular formula is C32H37Cl3N6O4. The van der Waals surface area contributed by atoms with Crippen molar-refractivity contribution < 1.29 is 14.3 Å². The zero-order valence-corrected chi connectivity index (χ0v) is 28.4. The maximum atomic E-state index is 14.3. The normalized spacial score (nSPS) is 12.4. The van der Waals surface area contributed by atoms with Crippen LogP contribution in [0.5, 0.6) is 0 Å². The van der Waals surface area contributed by atoms with E-state index in [1.807, 2.05) is 44.2 Å². The number of carbonyl (C=O) groups excluding carboxylic acids is 2. The molecule has 4 rings (SSSR count). The van der Waals surface area contributed by atoms with E-state index in [-0.39, 0.29) is 47.2 Å². The lowest BCUT2D eigenvalue weighted by atomic mass is 9.99. The minimum Gasteiger partial charge on any atom is -0.444 e. The van der Waals surface area contributed by atoms with Crippen LogP contribution < -0.4 is 11.0 Å². The molecule has 10 nitrogen and oxygen atoms in total. The van der Waals surface area contributed by atoms with Crippen LogP contribution in [-0.4, -0.2) is 54.8 Å². The molecule has 1 unspecified atom stereocenters. The zero-order chi connectivity index (χ0) is 33.1. The van der Waals surface area contributed by atoms with Gasteiger partial charge in [0.15, 0.2) is 5.65 Å². The van der Waals surface area contributed by atoms with Crippen molar-refractivity contribution in [1.29, 1.82) is 0 Å². The van der Waals surface area contributed by atoms with Crippen LogP contribution in [0.1, 0.15) is 74.5 Å². The number of carbonyl (C=O) groups is 2. The zero-order valence-electron chi connectivity index (χ0n) is 26.1. The van der Waals surface area contributed by atoms with E-state index in [4.69, 9.17) is 44.5 Å². The molecule has 13 heteroatoms. The van der Waals surface area contributed by atoms with Crippen LogP contribution in [0.25, 0.3) is 5.65 Å². The lowest BCUT2D eigenvalue weighted by molar-refractivity contribution is 0.0519. The number of hydrogen-bond donors (Lipinski definition) is 1. The summed E-state index contributed by atoms with van der Waals surface area (Å²) < 4.78 is 8.08. The van der Waals surface area contributed by atoms with Gasteiger partial charge in [0, 0.05) is 18.7 Å². The molecule has 1 N–H and O–H groups in total. The number of benzene rings is 2. The van der Waals surface area contributed by atoms with Gasteiger partial charge in [0.2, 0.25) is 0 Å². The number of hydrogen-bond acceptors (Lipinski definition) is 6. The molecule has 0 saturated heterocycles. The number of amides is 2. The summed E-state index contributed by atoms with van der Waals surface area (Å²) in [4.78, 5) is 47.1. The van der Waals surface area contributed by atoms with Gasteiger partial charge in [-0.05, 0) is 63.8 Å². The largest absolute Gasteiger partial charge is 0.444 e. The number of nitrogens with zero attached hydrogens (tertiary/aromatic N) is 5. The first kappa shape index (κ1) is 34.3. The minimum absolute atomic E-state index is 0.187. The highest BCUT2D eigenvalue weighted by atomic mass is 35.5. The third kappa shape index (κ3) is 8.17. The van der Waals surface area contributed by atoms with Crippen LogP contribution in [-0.2, 0) is 11.3 Å². The fourth-order valence-corrected chi connectivity index (χ4v) is 5.42. The molecule has 0 fully saturated rings. The number of ether oxygens (including phenoxy) is 1. The van der Waals surface area contributed by atoms with Gasteiger partial charge < -0.3 is 15.0 Å². The lowest BCUT2D eigenvalue weighted by Crippen LogP contribution is -2.43. The first-order chi connectivity index (χ1) is 21.2. The van der Waals surface area contributed by atoms with Gasteiger partial charge in [0.1, 0.15) is 16.4 Å². The number of rotatable bonds is 10. The van der Waals surface area contributed by atoms with Gasteiger partial charge in [-0.3, -0.25) is 9.36 Å². The highest BCUT2D eigenvalue weighted by Gasteiger charge is 2.34. The van der Waals surface area contributed by atoms with E-state index in [9.17, 15) is 14.4 Å². The summed E-state index contributed by atoms with van der Waals surface area (Å²) in [6.07, 6.45) is -0.174. The Morgan fingerprint density at radius 1 is 1.04 bits per heavy atom. The number of aryl methyl sites for hydroxylation is 1.